The third-order valence-corrected chi connectivity index (χ3v) is 4.92. The zero-order valence-electron chi connectivity index (χ0n) is 13.5. The normalized spacial score (nSPS) is 10.9. The molecule has 7 heteroatoms. The molecule has 0 saturated heterocycles. The average molecular weight is 349 g/mol. The van der Waals surface area contributed by atoms with Gasteiger partial charge in [-0.3, -0.25) is 19.4 Å². The van der Waals surface area contributed by atoms with E-state index >= 15 is 0 Å². The number of anilines is 1. The Balaban J connectivity index is 1.77. The van der Waals surface area contributed by atoms with Gasteiger partial charge in [-0.15, -0.1) is 0 Å². The summed E-state index contributed by atoms with van der Waals surface area (Å²) in [5, 5.41) is 4.77. The number of thiazole rings is 1. The number of rotatable bonds is 4. The Bertz CT molecular complexity index is 991. The molecule has 1 aromatic carbocycles. The predicted molar refractivity (Wildman–Crippen MR) is 97.6 cm³/mol. The van der Waals surface area contributed by atoms with Gasteiger partial charge in [-0.2, -0.15) is 5.10 Å². The standard InChI is InChI=1S/C18H15N5OS/c1-22-15(8-10-20-22)17(24)23(12-13-5-4-9-19-11-13)18-21-14-6-2-3-7-16(14)25-18/h2-11H,12H2,1H3. The number of hydrogen-bond acceptors (Lipinski definition) is 5. The number of pyridine rings is 1. The highest BCUT2D eigenvalue weighted by Gasteiger charge is 2.23. The molecule has 0 atom stereocenters. The van der Waals surface area contributed by atoms with Crippen LogP contribution in [0.4, 0.5) is 5.13 Å². The number of nitrogens with zero attached hydrogens (tertiary/aromatic N) is 5. The van der Waals surface area contributed by atoms with Gasteiger partial charge in [-0.05, 0) is 29.8 Å². The Morgan fingerprint density at radius 1 is 1.16 bits per heavy atom. The first kappa shape index (κ1) is 15.5. The van der Waals surface area contributed by atoms with Gasteiger partial charge >= 0.3 is 0 Å². The molecule has 0 N–H and O–H groups in total. The monoisotopic (exact) mass is 349 g/mol. The van der Waals surface area contributed by atoms with E-state index in [0.717, 1.165) is 15.8 Å². The summed E-state index contributed by atoms with van der Waals surface area (Å²) in [5.74, 6) is -0.136. The van der Waals surface area contributed by atoms with Gasteiger partial charge in [0.15, 0.2) is 5.13 Å². The molecule has 0 fully saturated rings. The van der Waals surface area contributed by atoms with Crippen LogP contribution >= 0.6 is 11.3 Å². The largest absolute Gasteiger partial charge is 0.278 e. The fourth-order valence-electron chi connectivity index (χ4n) is 2.60. The molecule has 4 rings (SSSR count). The molecule has 3 heterocycles. The number of benzene rings is 1. The lowest BCUT2D eigenvalue weighted by atomic mass is 10.2. The lowest BCUT2D eigenvalue weighted by molar-refractivity contribution is 0.0976. The smallest absolute Gasteiger partial charge is 0.278 e. The number of aromatic nitrogens is 4. The van der Waals surface area contributed by atoms with Gasteiger partial charge in [0.1, 0.15) is 5.69 Å². The van der Waals surface area contributed by atoms with Crippen molar-refractivity contribution in [2.24, 2.45) is 7.05 Å². The minimum Gasteiger partial charge on any atom is -0.278 e. The zero-order chi connectivity index (χ0) is 17.2. The molecule has 25 heavy (non-hydrogen) atoms. The van der Waals surface area contributed by atoms with Gasteiger partial charge in [0, 0.05) is 25.6 Å². The summed E-state index contributed by atoms with van der Waals surface area (Å²) in [6, 6.07) is 13.4. The van der Waals surface area contributed by atoms with Crippen LogP contribution < -0.4 is 4.90 Å². The Hall–Kier alpha value is -3.06. The average Bonchev–Trinajstić information content (AvgIpc) is 3.25. The highest BCUT2D eigenvalue weighted by atomic mass is 32.1. The fraction of sp³-hybridized carbons (Fsp3) is 0.111. The van der Waals surface area contributed by atoms with Crippen molar-refractivity contribution in [2.45, 2.75) is 6.54 Å². The molecular weight excluding hydrogens is 334 g/mol. The second-order valence-corrected chi connectivity index (χ2v) is 6.57. The quantitative estimate of drug-likeness (QED) is 0.567. The van der Waals surface area contributed by atoms with E-state index in [9.17, 15) is 4.79 Å². The molecule has 0 saturated carbocycles. The van der Waals surface area contributed by atoms with E-state index in [1.54, 1.807) is 41.3 Å². The number of carbonyl (C=O) groups is 1. The van der Waals surface area contributed by atoms with Crippen molar-refractivity contribution < 1.29 is 4.79 Å². The van der Waals surface area contributed by atoms with Crippen molar-refractivity contribution in [3.8, 4) is 0 Å². The number of fused-ring (bicyclic) bond motifs is 1. The molecule has 0 aliphatic heterocycles. The van der Waals surface area contributed by atoms with Gasteiger partial charge in [-0.25, -0.2) is 4.98 Å². The minimum absolute atomic E-state index is 0.136. The molecular formula is C18H15N5OS. The summed E-state index contributed by atoms with van der Waals surface area (Å²) in [7, 11) is 1.76. The predicted octanol–water partition coefficient (Wildman–Crippen LogP) is 3.27. The SMILES string of the molecule is Cn1nccc1C(=O)N(Cc1cccnc1)c1nc2ccccc2s1. The first-order chi connectivity index (χ1) is 12.2. The van der Waals surface area contributed by atoms with Crippen LogP contribution in [0.25, 0.3) is 10.2 Å². The highest BCUT2D eigenvalue weighted by molar-refractivity contribution is 7.22. The Morgan fingerprint density at radius 3 is 2.76 bits per heavy atom. The Labute approximate surface area is 148 Å². The second kappa shape index (κ2) is 6.45. The summed E-state index contributed by atoms with van der Waals surface area (Å²) in [4.78, 5) is 23.6. The summed E-state index contributed by atoms with van der Waals surface area (Å²) in [6.45, 7) is 0.400. The first-order valence-corrected chi connectivity index (χ1v) is 8.58. The lowest BCUT2D eigenvalue weighted by Crippen LogP contribution is -2.31. The summed E-state index contributed by atoms with van der Waals surface area (Å²) in [6.07, 6.45) is 5.10. The number of aryl methyl sites for hydroxylation is 1. The van der Waals surface area contributed by atoms with Crippen molar-refractivity contribution >= 4 is 32.6 Å². The van der Waals surface area contributed by atoms with E-state index in [-0.39, 0.29) is 5.91 Å². The van der Waals surface area contributed by atoms with E-state index in [2.05, 4.69) is 15.1 Å². The van der Waals surface area contributed by atoms with Gasteiger partial charge in [0.25, 0.3) is 5.91 Å². The second-order valence-electron chi connectivity index (χ2n) is 5.56. The van der Waals surface area contributed by atoms with Crippen LogP contribution in [-0.4, -0.2) is 25.7 Å². The van der Waals surface area contributed by atoms with Crippen LogP contribution in [0, 0.1) is 0 Å². The molecule has 0 aliphatic rings. The molecule has 6 nitrogen and oxygen atoms in total. The van der Waals surface area contributed by atoms with E-state index in [1.807, 2.05) is 36.4 Å². The maximum Gasteiger partial charge on any atom is 0.278 e. The molecule has 0 aliphatic carbocycles. The molecule has 124 valence electrons. The molecule has 4 aromatic rings. The van der Waals surface area contributed by atoms with Crippen molar-refractivity contribution in [2.75, 3.05) is 4.90 Å². The van der Waals surface area contributed by atoms with Crippen molar-refractivity contribution in [3.63, 3.8) is 0 Å². The molecule has 0 bridgehead atoms. The summed E-state index contributed by atoms with van der Waals surface area (Å²) >= 11 is 1.50. The fourth-order valence-corrected chi connectivity index (χ4v) is 3.56. The molecule has 3 aromatic heterocycles. The third-order valence-electron chi connectivity index (χ3n) is 3.86. The van der Waals surface area contributed by atoms with E-state index < -0.39 is 0 Å². The number of carbonyl (C=O) groups excluding carboxylic acids is 1. The summed E-state index contributed by atoms with van der Waals surface area (Å²) < 4.78 is 2.62. The van der Waals surface area contributed by atoms with Crippen LogP contribution in [0.5, 0.6) is 0 Å². The lowest BCUT2D eigenvalue weighted by Gasteiger charge is -2.19. The van der Waals surface area contributed by atoms with E-state index in [1.165, 1.54) is 11.3 Å². The van der Waals surface area contributed by atoms with Gasteiger partial charge in [-0.1, -0.05) is 29.5 Å². The van der Waals surface area contributed by atoms with Crippen molar-refractivity contribution in [3.05, 3.63) is 72.3 Å². The third kappa shape index (κ3) is 3.01. The van der Waals surface area contributed by atoms with Gasteiger partial charge in [0.2, 0.25) is 0 Å². The van der Waals surface area contributed by atoms with Crippen LogP contribution in [0.3, 0.4) is 0 Å². The van der Waals surface area contributed by atoms with Crippen molar-refractivity contribution in [1.82, 2.24) is 19.7 Å². The van der Waals surface area contributed by atoms with Crippen LogP contribution in [0.2, 0.25) is 0 Å². The molecule has 0 spiro atoms. The first-order valence-electron chi connectivity index (χ1n) is 7.77. The van der Waals surface area contributed by atoms with Gasteiger partial charge in [0.05, 0.1) is 16.8 Å². The topological polar surface area (TPSA) is 63.9 Å². The van der Waals surface area contributed by atoms with E-state index in [4.69, 9.17) is 0 Å². The zero-order valence-corrected chi connectivity index (χ0v) is 14.3. The molecule has 0 unspecified atom stereocenters. The number of para-hydroxylation sites is 1. The van der Waals surface area contributed by atoms with Crippen molar-refractivity contribution in [1.29, 1.82) is 0 Å². The summed E-state index contributed by atoms with van der Waals surface area (Å²) in [5.41, 5.74) is 2.34. The Morgan fingerprint density at radius 2 is 2.04 bits per heavy atom. The molecule has 1 amide bonds. The van der Waals surface area contributed by atoms with Crippen LogP contribution in [0.15, 0.2) is 61.1 Å². The maximum atomic E-state index is 13.1. The van der Waals surface area contributed by atoms with Gasteiger partial charge < -0.3 is 0 Å². The molecule has 0 radical (unpaired) electrons. The number of amides is 1. The minimum atomic E-state index is -0.136. The van der Waals surface area contributed by atoms with E-state index in [0.29, 0.717) is 17.4 Å². The Kier molecular flexibility index (Phi) is 3.99. The highest BCUT2D eigenvalue weighted by Crippen LogP contribution is 2.30. The maximum absolute atomic E-state index is 13.1. The van der Waals surface area contributed by atoms with Crippen LogP contribution in [0.1, 0.15) is 16.1 Å². The van der Waals surface area contributed by atoms with Crippen LogP contribution in [-0.2, 0) is 13.6 Å². The number of hydrogen-bond donors (Lipinski definition) is 0.